The molecule has 0 saturated carbocycles. The van der Waals surface area contributed by atoms with Gasteiger partial charge < -0.3 is 21.1 Å². The second kappa shape index (κ2) is 6.40. The Bertz CT molecular complexity index is 633. The van der Waals surface area contributed by atoms with Crippen LogP contribution in [-0.4, -0.2) is 47.6 Å². The number of nitrogen functional groups attached to an aromatic ring is 1. The van der Waals surface area contributed by atoms with E-state index < -0.39 is 11.3 Å². The topological polar surface area (TPSA) is 119 Å². The number of nitrogens with one attached hydrogen (secondary N) is 2. The van der Waals surface area contributed by atoms with Crippen LogP contribution in [0.15, 0.2) is 10.8 Å². The van der Waals surface area contributed by atoms with Crippen molar-refractivity contribution >= 4 is 33.6 Å². The molecule has 1 aromatic heterocycles. The Kier molecular flexibility index (Phi) is 4.49. The minimum atomic E-state index is -0.432. The summed E-state index contributed by atoms with van der Waals surface area (Å²) in [6, 6.07) is 0. The van der Waals surface area contributed by atoms with Crippen LogP contribution in [0.1, 0.15) is 29.8 Å². The van der Waals surface area contributed by atoms with Gasteiger partial charge in [-0.1, -0.05) is 0 Å². The number of anilines is 1. The highest BCUT2D eigenvalue weighted by Gasteiger charge is 2.49. The maximum Gasteiger partial charge on any atom is 0.312 e. The smallest absolute Gasteiger partial charge is 0.312 e. The molecular formula is C14H18BrN5O3. The zero-order chi connectivity index (χ0) is 16.4. The first-order chi connectivity index (χ1) is 11.0. The van der Waals surface area contributed by atoms with Crippen molar-refractivity contribution in [3.05, 3.63) is 16.5 Å². The van der Waals surface area contributed by atoms with Crippen molar-refractivity contribution in [3.63, 3.8) is 0 Å². The molecule has 2 aliphatic rings. The second-order valence-corrected chi connectivity index (χ2v) is 6.71. The minimum Gasteiger partial charge on any atom is -0.460 e. The lowest BCUT2D eigenvalue weighted by atomic mass is 9.76. The van der Waals surface area contributed by atoms with Gasteiger partial charge in [0, 0.05) is 6.42 Å². The van der Waals surface area contributed by atoms with Gasteiger partial charge in [0.15, 0.2) is 11.5 Å². The van der Waals surface area contributed by atoms with Crippen LogP contribution in [-0.2, 0) is 9.53 Å². The number of carbonyl (C=O) groups excluding carboxylic acids is 2. The highest BCUT2D eigenvalue weighted by Crippen LogP contribution is 2.41. The van der Waals surface area contributed by atoms with E-state index in [0.717, 1.165) is 25.9 Å². The Morgan fingerprint density at radius 2 is 2.26 bits per heavy atom. The van der Waals surface area contributed by atoms with Crippen LogP contribution in [0.2, 0.25) is 0 Å². The Labute approximate surface area is 141 Å². The van der Waals surface area contributed by atoms with E-state index in [1.165, 1.54) is 6.20 Å². The molecule has 2 saturated heterocycles. The van der Waals surface area contributed by atoms with E-state index in [-0.39, 0.29) is 30.1 Å². The lowest BCUT2D eigenvalue weighted by Gasteiger charge is -2.29. The van der Waals surface area contributed by atoms with Crippen molar-refractivity contribution < 1.29 is 14.3 Å². The van der Waals surface area contributed by atoms with Gasteiger partial charge in [-0.25, -0.2) is 9.97 Å². The Hall–Kier alpha value is -1.74. The quantitative estimate of drug-likeness (QED) is 0.639. The summed E-state index contributed by atoms with van der Waals surface area (Å²) in [5, 5.41) is 5.96. The molecule has 1 spiro atoms. The number of halogens is 1. The van der Waals surface area contributed by atoms with Crippen molar-refractivity contribution in [2.24, 2.45) is 5.41 Å². The van der Waals surface area contributed by atoms with Crippen molar-refractivity contribution in [1.29, 1.82) is 0 Å². The average Bonchev–Trinajstić information content (AvgIpc) is 2.84. The molecule has 4 N–H and O–H groups in total. The van der Waals surface area contributed by atoms with E-state index in [2.05, 4.69) is 36.5 Å². The first-order valence-electron chi connectivity index (χ1n) is 7.48. The third-order valence-electron chi connectivity index (χ3n) is 4.36. The second-order valence-electron chi connectivity index (χ2n) is 5.90. The van der Waals surface area contributed by atoms with Crippen LogP contribution < -0.4 is 16.4 Å². The van der Waals surface area contributed by atoms with Crippen molar-refractivity contribution in [2.75, 3.05) is 25.4 Å². The number of esters is 1. The zero-order valence-electron chi connectivity index (χ0n) is 12.5. The number of cyclic esters (lactones) is 1. The van der Waals surface area contributed by atoms with Crippen LogP contribution in [0, 0.1) is 5.41 Å². The van der Waals surface area contributed by atoms with Crippen LogP contribution in [0.4, 0.5) is 5.82 Å². The maximum atomic E-state index is 12.2. The molecule has 1 amide bonds. The molecule has 0 aliphatic carbocycles. The Morgan fingerprint density at radius 3 is 3.00 bits per heavy atom. The summed E-state index contributed by atoms with van der Waals surface area (Å²) in [6.45, 7) is 1.88. The summed E-state index contributed by atoms with van der Waals surface area (Å²) >= 11 is 3.15. The molecule has 3 rings (SSSR count). The number of hydrogen-bond donors (Lipinski definition) is 3. The first kappa shape index (κ1) is 16.1. The van der Waals surface area contributed by atoms with Crippen molar-refractivity contribution in [2.45, 2.75) is 25.4 Å². The summed E-state index contributed by atoms with van der Waals surface area (Å²) in [7, 11) is 0. The van der Waals surface area contributed by atoms with Crippen molar-refractivity contribution in [1.82, 2.24) is 20.6 Å². The lowest BCUT2D eigenvalue weighted by molar-refractivity contribution is -0.149. The van der Waals surface area contributed by atoms with Gasteiger partial charge in [-0.2, -0.15) is 0 Å². The van der Waals surface area contributed by atoms with E-state index in [9.17, 15) is 9.59 Å². The molecule has 8 nitrogen and oxygen atoms in total. The number of ether oxygens (including phenoxy) is 1. The number of rotatable bonds is 3. The minimum absolute atomic E-state index is 0.0558. The number of amides is 1. The van der Waals surface area contributed by atoms with Gasteiger partial charge in [-0.15, -0.1) is 0 Å². The predicted molar refractivity (Wildman–Crippen MR) is 85.5 cm³/mol. The number of hydrogen-bond acceptors (Lipinski definition) is 7. The lowest BCUT2D eigenvalue weighted by Crippen LogP contribution is -2.40. The molecule has 2 fully saturated rings. The van der Waals surface area contributed by atoms with Crippen molar-refractivity contribution in [3.8, 4) is 0 Å². The normalized spacial score (nSPS) is 22.8. The van der Waals surface area contributed by atoms with E-state index in [0.29, 0.717) is 11.0 Å². The van der Waals surface area contributed by atoms with Crippen LogP contribution >= 0.6 is 15.9 Å². The summed E-state index contributed by atoms with van der Waals surface area (Å²) < 4.78 is 5.87. The average molecular weight is 384 g/mol. The summed E-state index contributed by atoms with van der Waals surface area (Å²) in [6.07, 6.45) is 3.30. The molecule has 1 atom stereocenters. The number of nitrogens with two attached hydrogens (primary N) is 1. The number of carbonyl (C=O) groups is 2. The van der Waals surface area contributed by atoms with Gasteiger partial charge in [-0.3, -0.25) is 9.59 Å². The van der Waals surface area contributed by atoms with E-state index >= 15 is 0 Å². The molecule has 3 heterocycles. The van der Waals surface area contributed by atoms with E-state index in [1.54, 1.807) is 0 Å². The van der Waals surface area contributed by atoms with Gasteiger partial charge in [0.05, 0.1) is 18.2 Å². The van der Waals surface area contributed by atoms with Crippen LogP contribution in [0.3, 0.4) is 0 Å². The maximum absolute atomic E-state index is 12.2. The Balaban J connectivity index is 1.60. The number of piperidine rings is 1. The molecule has 124 valence electrons. The van der Waals surface area contributed by atoms with Crippen LogP contribution in [0.25, 0.3) is 0 Å². The number of nitrogens with zero attached hydrogens (tertiary/aromatic N) is 2. The SMILES string of the molecule is Nc1ncc(Br)nc1C(=O)NCC1CC2(CCNCC2)C(=O)O1. The fraction of sp³-hybridized carbons (Fsp3) is 0.571. The molecule has 0 aromatic carbocycles. The molecule has 1 unspecified atom stereocenters. The molecule has 0 radical (unpaired) electrons. The summed E-state index contributed by atoms with van der Waals surface area (Å²) in [4.78, 5) is 32.2. The first-order valence-corrected chi connectivity index (χ1v) is 8.27. The Morgan fingerprint density at radius 1 is 1.52 bits per heavy atom. The fourth-order valence-electron chi connectivity index (χ4n) is 3.10. The molecule has 1 aromatic rings. The van der Waals surface area contributed by atoms with E-state index in [4.69, 9.17) is 10.5 Å². The zero-order valence-corrected chi connectivity index (χ0v) is 14.1. The molecule has 9 heteroatoms. The predicted octanol–water partition coefficient (Wildman–Crippen LogP) is 0.236. The standard InChI is InChI=1S/C14H18BrN5O3/c15-9-7-18-11(16)10(20-9)12(21)19-6-8-5-14(13(22)23-8)1-3-17-4-2-14/h7-8,17H,1-6H2,(H2,16,18)(H,19,21). The largest absolute Gasteiger partial charge is 0.460 e. The van der Waals surface area contributed by atoms with E-state index in [1.807, 2.05) is 0 Å². The third-order valence-corrected chi connectivity index (χ3v) is 4.74. The summed E-state index contributed by atoms with van der Waals surface area (Å²) in [5.74, 6) is -0.525. The third kappa shape index (κ3) is 3.30. The molecular weight excluding hydrogens is 366 g/mol. The van der Waals surface area contributed by atoms with Crippen LogP contribution in [0.5, 0.6) is 0 Å². The van der Waals surface area contributed by atoms with Gasteiger partial charge in [-0.05, 0) is 41.9 Å². The number of aromatic nitrogens is 2. The monoisotopic (exact) mass is 383 g/mol. The van der Waals surface area contributed by atoms with Gasteiger partial charge in [0.1, 0.15) is 10.7 Å². The molecule has 23 heavy (non-hydrogen) atoms. The fourth-order valence-corrected chi connectivity index (χ4v) is 3.38. The highest BCUT2D eigenvalue weighted by molar-refractivity contribution is 9.10. The van der Waals surface area contributed by atoms with Gasteiger partial charge in [0.25, 0.3) is 5.91 Å². The molecule has 0 bridgehead atoms. The summed E-state index contributed by atoms with van der Waals surface area (Å²) in [5.41, 5.74) is 5.32. The molecule has 2 aliphatic heterocycles. The van der Waals surface area contributed by atoms with Gasteiger partial charge >= 0.3 is 5.97 Å². The van der Waals surface area contributed by atoms with Gasteiger partial charge in [0.2, 0.25) is 0 Å². The highest BCUT2D eigenvalue weighted by atomic mass is 79.9.